The minimum Gasteiger partial charge on any atom is -0.324 e. The van der Waals surface area contributed by atoms with Crippen LogP contribution in [0, 0.1) is 0 Å². The van der Waals surface area contributed by atoms with Crippen molar-refractivity contribution in [3.63, 3.8) is 0 Å². The maximum atomic E-state index is 11.9. The lowest BCUT2D eigenvalue weighted by Crippen LogP contribution is -2.42. The van der Waals surface area contributed by atoms with Crippen molar-refractivity contribution in [2.24, 2.45) is 0 Å². The molecule has 0 unspecified atom stereocenters. The highest BCUT2D eigenvalue weighted by Crippen LogP contribution is 2.16. The summed E-state index contributed by atoms with van der Waals surface area (Å²) in [6.45, 7) is 5.74. The van der Waals surface area contributed by atoms with E-state index < -0.39 is 5.54 Å². The molecule has 1 N–H and O–H groups in total. The molecular formula is C11H19Cl2N3O2. The fourth-order valence-electron chi connectivity index (χ4n) is 1.84. The molecule has 0 aromatic rings. The lowest BCUT2D eigenvalue weighted by atomic mass is 10.1. The van der Waals surface area contributed by atoms with Crippen LogP contribution in [-0.4, -0.2) is 65.2 Å². The average molecular weight is 296 g/mol. The van der Waals surface area contributed by atoms with Crippen molar-refractivity contribution in [1.82, 2.24) is 15.1 Å². The van der Waals surface area contributed by atoms with Crippen LogP contribution in [0.5, 0.6) is 0 Å². The molecule has 1 heterocycles. The van der Waals surface area contributed by atoms with Gasteiger partial charge in [0.15, 0.2) is 0 Å². The van der Waals surface area contributed by atoms with Crippen LogP contribution in [-0.2, 0) is 4.79 Å². The highest BCUT2D eigenvalue weighted by atomic mass is 35.5. The fourth-order valence-corrected chi connectivity index (χ4v) is 2.31. The Bertz CT molecular complexity index is 317. The Morgan fingerprint density at radius 2 is 1.72 bits per heavy atom. The van der Waals surface area contributed by atoms with Gasteiger partial charge in [0, 0.05) is 37.9 Å². The summed E-state index contributed by atoms with van der Waals surface area (Å²) < 4.78 is 0. The number of halogens is 2. The molecule has 0 aliphatic carbocycles. The SMILES string of the molecule is CC1(C)NC(=O)N(CCN(CCCl)CCCl)C1=O. The van der Waals surface area contributed by atoms with Crippen molar-refractivity contribution in [1.29, 1.82) is 0 Å². The Kier molecular flexibility index (Phi) is 5.69. The van der Waals surface area contributed by atoms with Crippen LogP contribution in [0.15, 0.2) is 0 Å². The lowest BCUT2D eigenvalue weighted by molar-refractivity contribution is -0.130. The van der Waals surface area contributed by atoms with Gasteiger partial charge in [-0.1, -0.05) is 0 Å². The molecule has 7 heteroatoms. The molecule has 104 valence electrons. The van der Waals surface area contributed by atoms with Gasteiger partial charge in [0.2, 0.25) is 0 Å². The molecule has 3 amide bonds. The third-order valence-electron chi connectivity index (χ3n) is 2.89. The van der Waals surface area contributed by atoms with Crippen molar-refractivity contribution < 1.29 is 9.59 Å². The third kappa shape index (κ3) is 3.73. The monoisotopic (exact) mass is 295 g/mol. The highest BCUT2D eigenvalue weighted by molar-refractivity contribution is 6.18. The summed E-state index contributed by atoms with van der Waals surface area (Å²) >= 11 is 11.4. The van der Waals surface area contributed by atoms with Gasteiger partial charge in [0.05, 0.1) is 0 Å². The molecule has 0 aromatic carbocycles. The molecule has 0 spiro atoms. The predicted octanol–water partition coefficient (Wildman–Crippen LogP) is 1.10. The van der Waals surface area contributed by atoms with Crippen LogP contribution in [0.1, 0.15) is 13.8 Å². The van der Waals surface area contributed by atoms with Crippen LogP contribution < -0.4 is 5.32 Å². The molecule has 5 nitrogen and oxygen atoms in total. The van der Waals surface area contributed by atoms with Crippen LogP contribution in [0.25, 0.3) is 0 Å². The molecule has 0 saturated carbocycles. The first-order chi connectivity index (χ1) is 8.42. The molecule has 0 aromatic heterocycles. The molecule has 1 saturated heterocycles. The number of imide groups is 1. The van der Waals surface area contributed by atoms with Crippen LogP contribution >= 0.6 is 23.2 Å². The number of rotatable bonds is 7. The van der Waals surface area contributed by atoms with Gasteiger partial charge in [0.1, 0.15) is 5.54 Å². The summed E-state index contributed by atoms with van der Waals surface area (Å²) in [5, 5.41) is 2.65. The molecule has 18 heavy (non-hydrogen) atoms. The molecule has 0 bridgehead atoms. The number of carbonyl (C=O) groups excluding carboxylic acids is 2. The van der Waals surface area contributed by atoms with Gasteiger partial charge in [-0.3, -0.25) is 14.6 Å². The molecule has 0 atom stereocenters. The van der Waals surface area contributed by atoms with E-state index in [1.165, 1.54) is 4.90 Å². The number of nitrogens with zero attached hydrogens (tertiary/aromatic N) is 2. The highest BCUT2D eigenvalue weighted by Gasteiger charge is 2.43. The molecule has 1 aliphatic rings. The summed E-state index contributed by atoms with van der Waals surface area (Å²) in [5.74, 6) is 0.814. The van der Waals surface area contributed by atoms with Gasteiger partial charge in [0.25, 0.3) is 5.91 Å². The standard InChI is InChI=1S/C11H19Cl2N3O2/c1-11(2)9(17)16(10(18)14-11)8-7-15(5-3-12)6-4-13/h3-8H2,1-2H3,(H,14,18). The Hall–Kier alpha value is -0.520. The van der Waals surface area contributed by atoms with E-state index in [-0.39, 0.29) is 11.9 Å². The lowest BCUT2D eigenvalue weighted by Gasteiger charge is -2.23. The Balaban J connectivity index is 2.52. The molecule has 1 rings (SSSR count). The largest absolute Gasteiger partial charge is 0.325 e. The van der Waals surface area contributed by atoms with Crippen molar-refractivity contribution in [3.05, 3.63) is 0 Å². The number of alkyl halides is 2. The number of urea groups is 1. The topological polar surface area (TPSA) is 52.7 Å². The van der Waals surface area contributed by atoms with E-state index in [1.54, 1.807) is 13.8 Å². The Morgan fingerprint density at radius 1 is 1.17 bits per heavy atom. The van der Waals surface area contributed by atoms with Crippen molar-refractivity contribution in [2.75, 3.05) is 37.9 Å². The van der Waals surface area contributed by atoms with Gasteiger partial charge >= 0.3 is 6.03 Å². The van der Waals surface area contributed by atoms with E-state index in [4.69, 9.17) is 23.2 Å². The molecule has 1 fully saturated rings. The average Bonchev–Trinajstić information content (AvgIpc) is 2.47. The van der Waals surface area contributed by atoms with E-state index in [0.29, 0.717) is 37.9 Å². The minimum atomic E-state index is -0.805. The molecule has 1 aliphatic heterocycles. The zero-order valence-corrected chi connectivity index (χ0v) is 12.2. The summed E-state index contributed by atoms with van der Waals surface area (Å²) in [7, 11) is 0. The van der Waals surface area contributed by atoms with Crippen molar-refractivity contribution >= 4 is 35.1 Å². The molecular weight excluding hydrogens is 277 g/mol. The Labute approximate surface area is 117 Å². The third-order valence-corrected chi connectivity index (χ3v) is 3.22. The minimum absolute atomic E-state index is 0.191. The maximum absolute atomic E-state index is 11.9. The van der Waals surface area contributed by atoms with Gasteiger partial charge in [-0.15, -0.1) is 23.2 Å². The smallest absolute Gasteiger partial charge is 0.324 e. The predicted molar refractivity (Wildman–Crippen MR) is 72.2 cm³/mol. The first-order valence-corrected chi connectivity index (χ1v) is 6.97. The fraction of sp³-hybridized carbons (Fsp3) is 0.818. The summed E-state index contributed by atoms with van der Waals surface area (Å²) in [6.07, 6.45) is 0. The van der Waals surface area contributed by atoms with Crippen molar-refractivity contribution in [3.8, 4) is 0 Å². The van der Waals surface area contributed by atoms with Gasteiger partial charge in [-0.25, -0.2) is 4.79 Å². The zero-order valence-electron chi connectivity index (χ0n) is 10.7. The van der Waals surface area contributed by atoms with Gasteiger partial charge < -0.3 is 5.32 Å². The van der Waals surface area contributed by atoms with E-state index >= 15 is 0 Å². The zero-order chi connectivity index (χ0) is 13.8. The van der Waals surface area contributed by atoms with Crippen LogP contribution in [0.3, 0.4) is 0 Å². The summed E-state index contributed by atoms with van der Waals surface area (Å²) in [4.78, 5) is 26.9. The normalized spacial score (nSPS) is 18.6. The summed E-state index contributed by atoms with van der Waals surface area (Å²) in [6, 6.07) is -0.332. The second-order valence-electron chi connectivity index (χ2n) is 4.73. The van der Waals surface area contributed by atoms with E-state index in [0.717, 1.165) is 0 Å². The second-order valence-corrected chi connectivity index (χ2v) is 5.49. The first-order valence-electron chi connectivity index (χ1n) is 5.90. The maximum Gasteiger partial charge on any atom is 0.325 e. The van der Waals surface area contributed by atoms with Crippen LogP contribution in [0.4, 0.5) is 4.79 Å². The van der Waals surface area contributed by atoms with Gasteiger partial charge in [-0.2, -0.15) is 0 Å². The van der Waals surface area contributed by atoms with E-state index in [2.05, 4.69) is 5.32 Å². The number of carbonyl (C=O) groups is 2. The Morgan fingerprint density at radius 3 is 2.11 bits per heavy atom. The van der Waals surface area contributed by atoms with E-state index in [1.807, 2.05) is 4.90 Å². The van der Waals surface area contributed by atoms with Crippen LogP contribution in [0.2, 0.25) is 0 Å². The van der Waals surface area contributed by atoms with E-state index in [9.17, 15) is 9.59 Å². The number of nitrogens with one attached hydrogen (secondary N) is 1. The number of hydrogen-bond acceptors (Lipinski definition) is 3. The number of amides is 3. The molecule has 0 radical (unpaired) electrons. The quantitative estimate of drug-likeness (QED) is 0.565. The number of hydrogen-bond donors (Lipinski definition) is 1. The second kappa shape index (κ2) is 6.59. The van der Waals surface area contributed by atoms with Gasteiger partial charge in [-0.05, 0) is 13.8 Å². The summed E-state index contributed by atoms with van der Waals surface area (Å²) in [5.41, 5.74) is -0.805. The van der Waals surface area contributed by atoms with Crippen molar-refractivity contribution in [2.45, 2.75) is 19.4 Å². The first kappa shape index (κ1) is 15.5.